The van der Waals surface area contributed by atoms with Crippen molar-refractivity contribution >= 4 is 11.4 Å². The Morgan fingerprint density at radius 1 is 0.640 bits per heavy atom. The molecule has 25 heavy (non-hydrogen) atoms. The van der Waals surface area contributed by atoms with E-state index in [0.29, 0.717) is 5.75 Å². The van der Waals surface area contributed by atoms with Gasteiger partial charge in [0.15, 0.2) is 0 Å². The summed E-state index contributed by atoms with van der Waals surface area (Å²) in [6.45, 7) is 0.371. The molecule has 128 valence electrons. The van der Waals surface area contributed by atoms with Gasteiger partial charge >= 0.3 is 0 Å². The SMILES string of the molecule is OC(COc1ccccc1)COc1ccc(Nc2ccccc2)cc1. The third kappa shape index (κ3) is 5.55. The highest BCUT2D eigenvalue weighted by atomic mass is 16.5. The minimum atomic E-state index is -0.692. The van der Waals surface area contributed by atoms with E-state index in [9.17, 15) is 5.11 Å². The zero-order chi connectivity index (χ0) is 17.3. The second kappa shape index (κ2) is 8.76. The van der Waals surface area contributed by atoms with Crippen LogP contribution in [-0.2, 0) is 0 Å². The second-order valence-electron chi connectivity index (χ2n) is 5.60. The first-order chi connectivity index (χ1) is 12.3. The molecule has 0 amide bonds. The molecule has 3 rings (SSSR count). The van der Waals surface area contributed by atoms with E-state index in [1.807, 2.05) is 84.9 Å². The van der Waals surface area contributed by atoms with Crippen molar-refractivity contribution in [1.29, 1.82) is 0 Å². The number of hydrogen-bond acceptors (Lipinski definition) is 4. The Bertz CT molecular complexity index is 745. The van der Waals surface area contributed by atoms with Gasteiger partial charge in [0.2, 0.25) is 0 Å². The number of aliphatic hydroxyl groups excluding tert-OH is 1. The highest BCUT2D eigenvalue weighted by Gasteiger charge is 2.06. The molecule has 4 heteroatoms. The Kier molecular flexibility index (Phi) is 5.91. The summed E-state index contributed by atoms with van der Waals surface area (Å²) in [6.07, 6.45) is -0.692. The third-order valence-corrected chi connectivity index (χ3v) is 3.54. The molecule has 2 N–H and O–H groups in total. The van der Waals surface area contributed by atoms with Crippen molar-refractivity contribution in [2.45, 2.75) is 6.10 Å². The first-order valence-corrected chi connectivity index (χ1v) is 8.20. The summed E-state index contributed by atoms with van der Waals surface area (Å²) in [5.41, 5.74) is 2.01. The van der Waals surface area contributed by atoms with Crippen LogP contribution < -0.4 is 14.8 Å². The van der Waals surface area contributed by atoms with Gasteiger partial charge < -0.3 is 19.9 Å². The first-order valence-electron chi connectivity index (χ1n) is 8.20. The Hall–Kier alpha value is -2.98. The zero-order valence-corrected chi connectivity index (χ0v) is 13.8. The first kappa shape index (κ1) is 16.9. The van der Waals surface area contributed by atoms with E-state index in [4.69, 9.17) is 9.47 Å². The monoisotopic (exact) mass is 335 g/mol. The van der Waals surface area contributed by atoms with Gasteiger partial charge in [0.25, 0.3) is 0 Å². The van der Waals surface area contributed by atoms with E-state index in [2.05, 4.69) is 5.32 Å². The van der Waals surface area contributed by atoms with Crippen LogP contribution in [0, 0.1) is 0 Å². The fraction of sp³-hybridized carbons (Fsp3) is 0.143. The Labute approximate surface area is 147 Å². The lowest BCUT2D eigenvalue weighted by atomic mass is 10.2. The van der Waals surface area contributed by atoms with Crippen molar-refractivity contribution in [2.75, 3.05) is 18.5 Å². The number of nitrogens with one attached hydrogen (secondary N) is 1. The fourth-order valence-corrected chi connectivity index (χ4v) is 2.27. The molecule has 0 saturated carbocycles. The molecule has 0 aliphatic carbocycles. The molecule has 0 aliphatic heterocycles. The highest BCUT2D eigenvalue weighted by molar-refractivity contribution is 5.59. The summed E-state index contributed by atoms with van der Waals surface area (Å²) in [7, 11) is 0. The molecule has 4 nitrogen and oxygen atoms in total. The average molecular weight is 335 g/mol. The molecule has 0 radical (unpaired) electrons. The summed E-state index contributed by atoms with van der Waals surface area (Å²) in [6, 6.07) is 27.0. The van der Waals surface area contributed by atoms with Gasteiger partial charge in [-0.1, -0.05) is 36.4 Å². The van der Waals surface area contributed by atoms with Gasteiger partial charge in [0.1, 0.15) is 30.8 Å². The number of aliphatic hydroxyl groups is 1. The molecule has 0 aliphatic rings. The normalized spacial score (nSPS) is 11.6. The molecule has 1 atom stereocenters. The average Bonchev–Trinajstić information content (AvgIpc) is 2.67. The highest BCUT2D eigenvalue weighted by Crippen LogP contribution is 2.20. The molecular weight excluding hydrogens is 314 g/mol. The lowest BCUT2D eigenvalue weighted by molar-refractivity contribution is 0.0626. The van der Waals surface area contributed by atoms with E-state index in [0.717, 1.165) is 17.1 Å². The molecule has 1 unspecified atom stereocenters. The van der Waals surface area contributed by atoms with Crippen LogP contribution in [0.25, 0.3) is 0 Å². The predicted octanol–water partition coefficient (Wildman–Crippen LogP) is 4.25. The number of benzene rings is 3. The molecular formula is C21H21NO3. The van der Waals surface area contributed by atoms with E-state index >= 15 is 0 Å². The van der Waals surface area contributed by atoms with Gasteiger partial charge in [-0.2, -0.15) is 0 Å². The van der Waals surface area contributed by atoms with Crippen molar-refractivity contribution in [3.63, 3.8) is 0 Å². The molecule has 0 heterocycles. The molecule has 3 aromatic carbocycles. The number of ether oxygens (including phenoxy) is 2. The lowest BCUT2D eigenvalue weighted by Gasteiger charge is -2.14. The van der Waals surface area contributed by atoms with Gasteiger partial charge in [-0.3, -0.25) is 0 Å². The minimum Gasteiger partial charge on any atom is -0.491 e. The van der Waals surface area contributed by atoms with Crippen molar-refractivity contribution in [1.82, 2.24) is 0 Å². The van der Waals surface area contributed by atoms with Crippen LogP contribution in [0.15, 0.2) is 84.9 Å². The quantitative estimate of drug-likeness (QED) is 0.646. The number of para-hydroxylation sites is 2. The standard InChI is InChI=1S/C21H21NO3/c23-19(15-24-20-9-5-2-6-10-20)16-25-21-13-11-18(12-14-21)22-17-7-3-1-4-8-17/h1-14,19,22-23H,15-16H2. The zero-order valence-electron chi connectivity index (χ0n) is 13.8. The summed E-state index contributed by atoms with van der Waals surface area (Å²) in [5.74, 6) is 1.44. The maximum absolute atomic E-state index is 9.96. The maximum atomic E-state index is 9.96. The Morgan fingerprint density at radius 3 is 1.72 bits per heavy atom. The summed E-state index contributed by atoms with van der Waals surface area (Å²) >= 11 is 0. The summed E-state index contributed by atoms with van der Waals surface area (Å²) < 4.78 is 11.1. The predicted molar refractivity (Wildman–Crippen MR) is 99.6 cm³/mol. The van der Waals surface area contributed by atoms with Gasteiger partial charge in [-0.15, -0.1) is 0 Å². The van der Waals surface area contributed by atoms with E-state index in [1.165, 1.54) is 0 Å². The second-order valence-corrected chi connectivity index (χ2v) is 5.60. The van der Waals surface area contributed by atoms with Gasteiger partial charge in [-0.05, 0) is 48.5 Å². The molecule has 0 aromatic heterocycles. The molecule has 0 spiro atoms. The van der Waals surface area contributed by atoms with Gasteiger partial charge in [0, 0.05) is 11.4 Å². The third-order valence-electron chi connectivity index (χ3n) is 3.54. The van der Waals surface area contributed by atoms with Crippen molar-refractivity contribution in [2.24, 2.45) is 0 Å². The van der Waals surface area contributed by atoms with Gasteiger partial charge in [-0.25, -0.2) is 0 Å². The smallest absolute Gasteiger partial charge is 0.122 e. The molecule has 3 aromatic rings. The van der Waals surface area contributed by atoms with Crippen LogP contribution in [0.5, 0.6) is 11.5 Å². The van der Waals surface area contributed by atoms with E-state index < -0.39 is 6.10 Å². The van der Waals surface area contributed by atoms with Crippen molar-refractivity contribution < 1.29 is 14.6 Å². The summed E-state index contributed by atoms with van der Waals surface area (Å²) in [4.78, 5) is 0. The van der Waals surface area contributed by atoms with Gasteiger partial charge in [0.05, 0.1) is 0 Å². The summed E-state index contributed by atoms with van der Waals surface area (Å²) in [5, 5.41) is 13.3. The van der Waals surface area contributed by atoms with E-state index in [1.54, 1.807) is 0 Å². The van der Waals surface area contributed by atoms with Crippen molar-refractivity contribution in [3.05, 3.63) is 84.9 Å². The lowest BCUT2D eigenvalue weighted by Crippen LogP contribution is -2.25. The van der Waals surface area contributed by atoms with Crippen LogP contribution in [0.4, 0.5) is 11.4 Å². The fourth-order valence-electron chi connectivity index (χ4n) is 2.27. The van der Waals surface area contributed by atoms with Crippen molar-refractivity contribution in [3.8, 4) is 11.5 Å². The van der Waals surface area contributed by atoms with E-state index in [-0.39, 0.29) is 13.2 Å². The van der Waals surface area contributed by atoms with Crippen LogP contribution in [0.2, 0.25) is 0 Å². The number of hydrogen-bond donors (Lipinski definition) is 2. The topological polar surface area (TPSA) is 50.7 Å². The van der Waals surface area contributed by atoms with Crippen LogP contribution in [0.3, 0.4) is 0 Å². The Balaban J connectivity index is 1.43. The number of anilines is 2. The van der Waals surface area contributed by atoms with Crippen LogP contribution >= 0.6 is 0 Å². The van der Waals surface area contributed by atoms with Crippen LogP contribution in [0.1, 0.15) is 0 Å². The van der Waals surface area contributed by atoms with Crippen LogP contribution in [-0.4, -0.2) is 24.4 Å². The minimum absolute atomic E-state index is 0.179. The Morgan fingerprint density at radius 2 is 1.12 bits per heavy atom. The molecule has 0 bridgehead atoms. The largest absolute Gasteiger partial charge is 0.491 e. The number of rotatable bonds is 8. The molecule has 0 fully saturated rings. The molecule has 0 saturated heterocycles. The maximum Gasteiger partial charge on any atom is 0.122 e.